The molecule has 0 saturated heterocycles. The molecule has 0 bridgehead atoms. The Kier molecular flexibility index (Phi) is 4.31. The van der Waals surface area contributed by atoms with Gasteiger partial charge < -0.3 is 15.9 Å². The predicted octanol–water partition coefficient (Wildman–Crippen LogP) is 0.975. The molecule has 18 heavy (non-hydrogen) atoms. The number of hydrogen-bond donors (Lipinski definition) is 3. The van der Waals surface area contributed by atoms with Crippen LogP contribution in [-0.4, -0.2) is 22.2 Å². The minimum absolute atomic E-state index is 0.487. The zero-order valence-electron chi connectivity index (χ0n) is 9.19. The summed E-state index contributed by atoms with van der Waals surface area (Å²) in [6.45, 7) is 0. The molecule has 0 fully saturated rings. The number of primary amides is 1. The van der Waals surface area contributed by atoms with Gasteiger partial charge in [-0.05, 0) is 11.6 Å². The summed E-state index contributed by atoms with van der Waals surface area (Å²) in [5.74, 6) is -0.911. The van der Waals surface area contributed by atoms with Crippen molar-refractivity contribution in [2.75, 3.05) is 0 Å². The molecule has 0 saturated carbocycles. The average molecular weight is 263 g/mol. The highest BCUT2D eigenvalue weighted by Gasteiger charge is 2.36. The van der Waals surface area contributed by atoms with Gasteiger partial charge in [0, 0.05) is 0 Å². The Bertz CT molecular complexity index is 434. The summed E-state index contributed by atoms with van der Waals surface area (Å²) < 4.78 is 38.0. The number of rotatable bonds is 4. The molecule has 0 aliphatic carbocycles. The molecule has 1 rings (SSSR count). The number of benzene rings is 1. The van der Waals surface area contributed by atoms with Crippen molar-refractivity contribution >= 4 is 5.91 Å². The average Bonchev–Trinajstić information content (AvgIpc) is 2.26. The van der Waals surface area contributed by atoms with E-state index < -0.39 is 41.8 Å². The lowest BCUT2D eigenvalue weighted by Gasteiger charge is -2.20. The molecule has 1 aromatic carbocycles. The standard InChI is InChI=1S/C11H12F3NO3/c12-11(13,14)7-4-2-1-3-6(7)10(18)8(16)5-9(15)17/h1-4,8,10,16,18H,5H2,(H2,15,17). The van der Waals surface area contributed by atoms with Crippen molar-refractivity contribution in [1.82, 2.24) is 0 Å². The maximum atomic E-state index is 12.7. The Balaban J connectivity index is 3.06. The van der Waals surface area contributed by atoms with E-state index in [1.54, 1.807) is 0 Å². The van der Waals surface area contributed by atoms with Crippen LogP contribution in [0.4, 0.5) is 13.2 Å². The van der Waals surface area contributed by atoms with E-state index >= 15 is 0 Å². The van der Waals surface area contributed by atoms with Crippen molar-refractivity contribution in [2.45, 2.75) is 24.8 Å². The van der Waals surface area contributed by atoms with E-state index in [9.17, 15) is 28.2 Å². The van der Waals surface area contributed by atoms with Crippen LogP contribution in [0.1, 0.15) is 23.7 Å². The van der Waals surface area contributed by atoms with Crippen LogP contribution in [0.3, 0.4) is 0 Å². The number of amides is 1. The lowest BCUT2D eigenvalue weighted by molar-refractivity contribution is -0.140. The van der Waals surface area contributed by atoms with Crippen LogP contribution in [0.2, 0.25) is 0 Å². The molecule has 100 valence electrons. The summed E-state index contributed by atoms with van der Waals surface area (Å²) in [7, 11) is 0. The van der Waals surface area contributed by atoms with E-state index in [0.29, 0.717) is 0 Å². The summed E-state index contributed by atoms with van der Waals surface area (Å²) >= 11 is 0. The van der Waals surface area contributed by atoms with E-state index in [1.165, 1.54) is 12.1 Å². The molecular formula is C11H12F3NO3. The summed E-state index contributed by atoms with van der Waals surface area (Å²) in [6, 6.07) is 4.29. The quantitative estimate of drug-likeness (QED) is 0.757. The van der Waals surface area contributed by atoms with Gasteiger partial charge in [0.05, 0.1) is 18.1 Å². The van der Waals surface area contributed by atoms with Gasteiger partial charge in [0.25, 0.3) is 0 Å². The van der Waals surface area contributed by atoms with Crippen molar-refractivity contribution < 1.29 is 28.2 Å². The van der Waals surface area contributed by atoms with Crippen LogP contribution in [0.15, 0.2) is 24.3 Å². The fraction of sp³-hybridized carbons (Fsp3) is 0.364. The number of nitrogens with two attached hydrogens (primary N) is 1. The molecule has 0 aliphatic rings. The number of hydrogen-bond acceptors (Lipinski definition) is 3. The van der Waals surface area contributed by atoms with E-state index in [1.807, 2.05) is 0 Å². The summed E-state index contributed by atoms with van der Waals surface area (Å²) in [6.07, 6.45) is -8.77. The van der Waals surface area contributed by atoms with Crippen molar-refractivity contribution in [3.8, 4) is 0 Å². The maximum Gasteiger partial charge on any atom is 0.416 e. The molecular weight excluding hydrogens is 251 g/mol. The summed E-state index contributed by atoms with van der Waals surface area (Å²) in [5.41, 5.74) is 3.26. The molecule has 0 aromatic heterocycles. The maximum absolute atomic E-state index is 12.7. The normalized spacial score (nSPS) is 15.2. The zero-order valence-corrected chi connectivity index (χ0v) is 9.19. The largest absolute Gasteiger partial charge is 0.416 e. The second kappa shape index (κ2) is 5.36. The third kappa shape index (κ3) is 3.44. The van der Waals surface area contributed by atoms with Crippen molar-refractivity contribution in [3.05, 3.63) is 35.4 Å². The second-order valence-corrected chi connectivity index (χ2v) is 3.77. The first kappa shape index (κ1) is 14.5. The van der Waals surface area contributed by atoms with Crippen LogP contribution in [0, 0.1) is 0 Å². The molecule has 0 heterocycles. The minimum Gasteiger partial charge on any atom is -0.390 e. The summed E-state index contributed by atoms with van der Waals surface area (Å²) in [5, 5.41) is 19.0. The number of carbonyl (C=O) groups excluding carboxylic acids is 1. The fourth-order valence-corrected chi connectivity index (χ4v) is 1.54. The fourth-order valence-electron chi connectivity index (χ4n) is 1.54. The van der Waals surface area contributed by atoms with Gasteiger partial charge in [-0.25, -0.2) is 0 Å². The highest BCUT2D eigenvalue weighted by atomic mass is 19.4. The third-order valence-corrected chi connectivity index (χ3v) is 2.36. The number of carbonyl (C=O) groups is 1. The number of aliphatic hydroxyl groups excluding tert-OH is 2. The van der Waals surface area contributed by atoms with Gasteiger partial charge in [0.15, 0.2) is 0 Å². The number of halogens is 3. The lowest BCUT2D eigenvalue weighted by atomic mass is 9.96. The van der Waals surface area contributed by atoms with Gasteiger partial charge >= 0.3 is 6.18 Å². The van der Waals surface area contributed by atoms with Crippen LogP contribution in [0.5, 0.6) is 0 Å². The number of aliphatic hydroxyl groups is 2. The van der Waals surface area contributed by atoms with Gasteiger partial charge in [-0.3, -0.25) is 4.79 Å². The highest BCUT2D eigenvalue weighted by Crippen LogP contribution is 2.35. The van der Waals surface area contributed by atoms with Gasteiger partial charge in [-0.2, -0.15) is 13.2 Å². The molecule has 7 heteroatoms. The first-order chi connectivity index (χ1) is 8.23. The Morgan fingerprint density at radius 3 is 2.33 bits per heavy atom. The first-order valence-corrected chi connectivity index (χ1v) is 5.04. The zero-order chi connectivity index (χ0) is 13.9. The molecule has 0 aliphatic heterocycles. The monoisotopic (exact) mass is 263 g/mol. The first-order valence-electron chi connectivity index (χ1n) is 5.04. The second-order valence-electron chi connectivity index (χ2n) is 3.77. The third-order valence-electron chi connectivity index (χ3n) is 2.36. The Morgan fingerprint density at radius 1 is 1.28 bits per heavy atom. The molecule has 1 amide bonds. The molecule has 2 unspecified atom stereocenters. The molecule has 4 nitrogen and oxygen atoms in total. The highest BCUT2D eigenvalue weighted by molar-refractivity contribution is 5.74. The van der Waals surface area contributed by atoms with E-state index in [4.69, 9.17) is 5.73 Å². The molecule has 0 radical (unpaired) electrons. The van der Waals surface area contributed by atoms with Gasteiger partial charge in [0.1, 0.15) is 6.10 Å². The smallest absolute Gasteiger partial charge is 0.390 e. The van der Waals surface area contributed by atoms with Crippen LogP contribution in [0.25, 0.3) is 0 Å². The molecule has 4 N–H and O–H groups in total. The Morgan fingerprint density at radius 2 is 1.83 bits per heavy atom. The van der Waals surface area contributed by atoms with Crippen LogP contribution in [-0.2, 0) is 11.0 Å². The van der Waals surface area contributed by atoms with Crippen molar-refractivity contribution in [1.29, 1.82) is 0 Å². The Labute approximate surface area is 101 Å². The van der Waals surface area contributed by atoms with Gasteiger partial charge in [-0.1, -0.05) is 18.2 Å². The Hall–Kier alpha value is -1.60. The van der Waals surface area contributed by atoms with E-state index in [2.05, 4.69) is 0 Å². The molecule has 0 spiro atoms. The van der Waals surface area contributed by atoms with Crippen molar-refractivity contribution in [3.63, 3.8) is 0 Å². The van der Waals surface area contributed by atoms with Gasteiger partial charge in [0.2, 0.25) is 5.91 Å². The van der Waals surface area contributed by atoms with Crippen LogP contribution >= 0.6 is 0 Å². The molecule has 1 aromatic rings. The van der Waals surface area contributed by atoms with Crippen LogP contribution < -0.4 is 5.73 Å². The molecule has 2 atom stereocenters. The van der Waals surface area contributed by atoms with Crippen molar-refractivity contribution in [2.24, 2.45) is 5.73 Å². The summed E-state index contributed by atoms with van der Waals surface area (Å²) in [4.78, 5) is 10.6. The van der Waals surface area contributed by atoms with E-state index in [0.717, 1.165) is 12.1 Å². The topological polar surface area (TPSA) is 83.6 Å². The van der Waals surface area contributed by atoms with E-state index in [-0.39, 0.29) is 0 Å². The minimum atomic E-state index is -4.65. The lowest BCUT2D eigenvalue weighted by Crippen LogP contribution is -2.27. The predicted molar refractivity (Wildman–Crippen MR) is 56.2 cm³/mol. The number of alkyl halides is 3. The van der Waals surface area contributed by atoms with Gasteiger partial charge in [-0.15, -0.1) is 0 Å². The SMILES string of the molecule is NC(=O)CC(O)C(O)c1ccccc1C(F)(F)F.